The summed E-state index contributed by atoms with van der Waals surface area (Å²) in [4.78, 5) is 12.0. The Labute approximate surface area is 343 Å². The van der Waals surface area contributed by atoms with E-state index in [1.807, 2.05) is 0 Å². The van der Waals surface area contributed by atoms with Crippen LogP contribution in [0.4, 0.5) is 52.0 Å². The molecule has 0 amide bonds. The average Bonchev–Trinajstić information content (AvgIpc) is 3.15. The van der Waals surface area contributed by atoms with Crippen molar-refractivity contribution in [3.63, 3.8) is 0 Å². The molecule has 0 aliphatic heterocycles. The Bertz CT molecular complexity index is 2920. The van der Waals surface area contributed by atoms with Gasteiger partial charge in [-0.25, -0.2) is 0 Å². The summed E-state index contributed by atoms with van der Waals surface area (Å²) in [6.07, 6.45) is -0.130. The van der Waals surface area contributed by atoms with Gasteiger partial charge in [-0.05, 0) is 92.6 Å². The second kappa shape index (κ2) is 18.5. The lowest BCUT2D eigenvalue weighted by Crippen LogP contribution is -2.27. The minimum absolute atomic E-state index is 0.0364. The maximum Gasteiger partial charge on any atom is 0.294 e. The topological polar surface area (TPSA) is 351 Å². The molecular weight excluding hydrogens is 873 g/mol. The quantitative estimate of drug-likeness (QED) is 0.0288. The zero-order valence-electron chi connectivity index (χ0n) is 31.0. The molecule has 0 radical (unpaired) electrons. The lowest BCUT2D eigenvalue weighted by Gasteiger charge is -2.16. The van der Waals surface area contributed by atoms with Gasteiger partial charge in [0, 0.05) is 11.8 Å². The van der Waals surface area contributed by atoms with Crippen LogP contribution in [0.1, 0.15) is 18.9 Å². The Morgan fingerprint density at radius 2 is 1.20 bits per heavy atom. The molecule has 60 heavy (non-hydrogen) atoms. The van der Waals surface area contributed by atoms with Crippen molar-refractivity contribution in [2.75, 3.05) is 28.3 Å². The van der Waals surface area contributed by atoms with Crippen molar-refractivity contribution in [2.45, 2.75) is 35.4 Å². The van der Waals surface area contributed by atoms with E-state index in [-0.39, 0.29) is 64.3 Å². The highest BCUT2D eigenvalue weighted by molar-refractivity contribution is 7.86. The fraction of sp³-hybridized carbons (Fsp3) is 0.182. The first kappa shape index (κ1) is 45.0. The van der Waals surface area contributed by atoms with E-state index in [4.69, 9.17) is 9.29 Å². The van der Waals surface area contributed by atoms with Gasteiger partial charge in [-0.2, -0.15) is 69.1 Å². The van der Waals surface area contributed by atoms with Crippen LogP contribution in [-0.2, 0) is 40.5 Å². The number of rotatable bonds is 18. The highest BCUT2D eigenvalue weighted by Gasteiger charge is 2.20. The van der Waals surface area contributed by atoms with Crippen molar-refractivity contribution >= 4 is 92.4 Å². The van der Waals surface area contributed by atoms with Gasteiger partial charge >= 0.3 is 0 Å². The minimum Gasteiger partial charge on any atom is -0.491 e. The normalized spacial score (nSPS) is 13.0. The van der Waals surface area contributed by atoms with Crippen molar-refractivity contribution in [2.24, 2.45) is 20.5 Å². The van der Waals surface area contributed by atoms with Crippen LogP contribution < -0.4 is 20.7 Å². The maximum absolute atomic E-state index is 11.8. The van der Waals surface area contributed by atoms with Crippen LogP contribution in [0.5, 0.6) is 5.75 Å². The van der Waals surface area contributed by atoms with Crippen LogP contribution in [0.3, 0.4) is 0 Å². The molecule has 0 saturated carbocycles. The molecule has 0 spiro atoms. The van der Waals surface area contributed by atoms with Gasteiger partial charge in [0.2, 0.25) is 17.8 Å². The van der Waals surface area contributed by atoms with E-state index in [1.165, 1.54) is 48.5 Å². The van der Waals surface area contributed by atoms with Crippen molar-refractivity contribution in [3.05, 3.63) is 90.5 Å². The minimum atomic E-state index is -4.62. The Kier molecular flexibility index (Phi) is 13.9. The Balaban J connectivity index is 1.45. The molecular formula is C33H34N10O13S4. The molecule has 1 unspecified atom stereocenters. The van der Waals surface area contributed by atoms with E-state index in [2.05, 4.69) is 51.4 Å². The lowest BCUT2D eigenvalue weighted by atomic mass is 10.2. The lowest BCUT2D eigenvalue weighted by molar-refractivity contribution is 0.317. The molecule has 4 aromatic carbocycles. The highest BCUT2D eigenvalue weighted by atomic mass is 32.2. The molecule has 5 aromatic rings. The number of ether oxygens (including phenoxy) is 1. The summed E-state index contributed by atoms with van der Waals surface area (Å²) in [7, 11) is -17.9. The summed E-state index contributed by atoms with van der Waals surface area (Å²) < 4.78 is 136. The molecule has 0 aliphatic rings. The van der Waals surface area contributed by atoms with Gasteiger partial charge in [0.05, 0.1) is 50.6 Å². The van der Waals surface area contributed by atoms with Gasteiger partial charge in [-0.1, -0.05) is 12.1 Å². The van der Waals surface area contributed by atoms with E-state index in [9.17, 15) is 47.3 Å². The molecule has 0 fully saturated rings. The van der Waals surface area contributed by atoms with E-state index >= 15 is 0 Å². The van der Waals surface area contributed by atoms with Crippen molar-refractivity contribution in [1.29, 1.82) is 0 Å². The number of aryl methyl sites for hydroxylation is 1. The first-order valence-corrected chi connectivity index (χ1v) is 22.9. The predicted octanol–water partition coefficient (Wildman–Crippen LogP) is 6.29. The molecule has 318 valence electrons. The van der Waals surface area contributed by atoms with Crippen LogP contribution in [0.15, 0.2) is 115 Å². The number of anilines is 5. The second-order valence-electron chi connectivity index (χ2n) is 12.4. The third-order valence-electron chi connectivity index (χ3n) is 7.67. The summed E-state index contributed by atoms with van der Waals surface area (Å²) in [5, 5.41) is 23.0. The van der Waals surface area contributed by atoms with Crippen molar-refractivity contribution in [3.8, 4) is 5.75 Å². The van der Waals surface area contributed by atoms with E-state index in [1.54, 1.807) is 25.1 Å². The van der Waals surface area contributed by atoms with Gasteiger partial charge in [-0.3, -0.25) is 18.2 Å². The Morgan fingerprint density at radius 1 is 0.650 bits per heavy atom. The zero-order valence-corrected chi connectivity index (χ0v) is 34.3. The molecule has 27 heteroatoms. The summed E-state index contributed by atoms with van der Waals surface area (Å²) >= 11 is 0. The van der Waals surface area contributed by atoms with Crippen LogP contribution in [0.25, 0.3) is 0 Å². The largest absolute Gasteiger partial charge is 0.491 e. The number of hydrogen-bond donors (Lipinski definition) is 7. The fourth-order valence-corrected chi connectivity index (χ4v) is 6.54. The van der Waals surface area contributed by atoms with Gasteiger partial charge < -0.3 is 20.7 Å². The second-order valence-corrected chi connectivity index (χ2v) is 18.5. The molecule has 7 N–H and O–H groups in total. The summed E-state index contributed by atoms with van der Waals surface area (Å²) in [5.41, 5.74) is 1.93. The number of nitrogens with one attached hydrogen (secondary N) is 3. The monoisotopic (exact) mass is 906 g/mol. The summed E-state index contributed by atoms with van der Waals surface area (Å²) in [5.74, 6) is -1.24. The fourth-order valence-electron chi connectivity index (χ4n) is 4.76. The summed E-state index contributed by atoms with van der Waals surface area (Å²) in [6, 6.07) is 19.3. The van der Waals surface area contributed by atoms with Crippen LogP contribution in [-0.4, -0.2) is 84.6 Å². The van der Waals surface area contributed by atoms with Crippen molar-refractivity contribution in [1.82, 2.24) is 15.0 Å². The van der Waals surface area contributed by atoms with Gasteiger partial charge in [0.1, 0.15) is 5.75 Å². The predicted molar refractivity (Wildman–Crippen MR) is 216 cm³/mol. The van der Waals surface area contributed by atoms with E-state index in [0.29, 0.717) is 16.9 Å². The molecule has 1 atom stereocenters. The SMILES string of the molecule is Cc1cc(Nc2nc(Nc3ccc(N=Nc4cccc(S(=O)(=O)O)c4)cc3OCCCS(=O)(=O)O)nc(NC(C)S(=O)(=O)O)n2)ccc1N=Nc1cccc(S(=O)(=O)O)c1. The van der Waals surface area contributed by atoms with Crippen LogP contribution in [0.2, 0.25) is 0 Å². The maximum atomic E-state index is 11.8. The number of aromatic nitrogens is 3. The van der Waals surface area contributed by atoms with E-state index in [0.717, 1.165) is 25.1 Å². The highest BCUT2D eigenvalue weighted by Crippen LogP contribution is 2.34. The molecule has 0 saturated heterocycles. The Hall–Kier alpha value is -6.07. The summed E-state index contributed by atoms with van der Waals surface area (Å²) in [6.45, 7) is 2.62. The van der Waals surface area contributed by atoms with Crippen LogP contribution >= 0.6 is 0 Å². The average molecular weight is 907 g/mol. The number of nitrogens with zero attached hydrogens (tertiary/aromatic N) is 7. The van der Waals surface area contributed by atoms with Crippen molar-refractivity contribution < 1.29 is 56.6 Å². The standard InChI is InChI=1S/C33H34N10O13S4/c1-20-16-22(10-12-28(20)43-42-24-7-4-9-27(18-24)60(53,54)55)35-32-37-31(34-21(2)58(47,48)49)38-33(39-32)36-29-13-11-25(19-30(29)56-14-5-15-57(44,45)46)41-40-23-6-3-8-26(17-23)59(50,51)52/h3-4,6-13,16-19,21H,5,14-15H2,1-2H3,(H,44,45,46)(H,47,48,49)(H,50,51,52)(H,53,54,55)(H3,34,35,36,37,38,39). The zero-order chi connectivity index (χ0) is 43.9. The third-order valence-corrected chi connectivity index (χ3v) is 11.2. The molecule has 1 heterocycles. The Morgan fingerprint density at radius 3 is 1.75 bits per heavy atom. The molecule has 1 aromatic heterocycles. The molecule has 0 bridgehead atoms. The third kappa shape index (κ3) is 13.5. The smallest absolute Gasteiger partial charge is 0.294 e. The van der Waals surface area contributed by atoms with Crippen LogP contribution in [0, 0.1) is 6.92 Å². The molecule has 23 nitrogen and oxygen atoms in total. The van der Waals surface area contributed by atoms with E-state index < -0.39 is 56.5 Å². The molecule has 0 aliphatic carbocycles. The number of hydrogen-bond acceptors (Lipinski definition) is 19. The van der Waals surface area contributed by atoms with Gasteiger partial charge in [-0.15, -0.1) is 0 Å². The first-order valence-electron chi connectivity index (χ1n) is 16.9. The van der Waals surface area contributed by atoms with Gasteiger partial charge in [0.15, 0.2) is 5.37 Å². The first-order chi connectivity index (χ1) is 28.0. The number of benzene rings is 4. The number of azo groups is 2. The molecule has 5 rings (SSSR count). The van der Waals surface area contributed by atoms with Gasteiger partial charge in [0.25, 0.3) is 40.5 Å².